The molecule has 1 unspecified atom stereocenters. The molecule has 156 valence electrons. The molecule has 2 aliphatic rings. The van der Waals surface area contributed by atoms with Crippen molar-refractivity contribution >= 4 is 17.4 Å². The summed E-state index contributed by atoms with van der Waals surface area (Å²) in [6, 6.07) is 8.92. The van der Waals surface area contributed by atoms with E-state index in [-0.39, 0.29) is 6.03 Å². The summed E-state index contributed by atoms with van der Waals surface area (Å²) in [6.07, 6.45) is 3.72. The number of ether oxygens (including phenoxy) is 1. The Kier molecular flexibility index (Phi) is 6.35. The van der Waals surface area contributed by atoms with Gasteiger partial charge in [-0.2, -0.15) is 0 Å². The van der Waals surface area contributed by atoms with Crippen molar-refractivity contribution in [2.24, 2.45) is 0 Å². The van der Waals surface area contributed by atoms with Crippen molar-refractivity contribution in [1.82, 2.24) is 20.1 Å². The summed E-state index contributed by atoms with van der Waals surface area (Å²) < 4.78 is 5.92. The highest BCUT2D eigenvalue weighted by Crippen LogP contribution is 2.34. The first kappa shape index (κ1) is 20.2. The molecule has 1 aromatic heterocycles. The van der Waals surface area contributed by atoms with Crippen molar-refractivity contribution in [2.75, 3.05) is 26.2 Å². The third-order valence-corrected chi connectivity index (χ3v) is 6.85. The predicted molar refractivity (Wildman–Crippen MR) is 116 cm³/mol. The average Bonchev–Trinajstić information content (AvgIpc) is 3.41. The quantitative estimate of drug-likeness (QED) is 0.693. The summed E-state index contributed by atoms with van der Waals surface area (Å²) in [4.78, 5) is 22.3. The number of amides is 2. The number of rotatable bonds is 7. The van der Waals surface area contributed by atoms with Gasteiger partial charge in [-0.1, -0.05) is 0 Å². The lowest BCUT2D eigenvalue weighted by Crippen LogP contribution is -2.36. The molecule has 1 N–H and O–H groups in total. The van der Waals surface area contributed by atoms with Gasteiger partial charge in [0.2, 0.25) is 0 Å². The van der Waals surface area contributed by atoms with Gasteiger partial charge in [0.05, 0.1) is 25.4 Å². The van der Waals surface area contributed by atoms with Gasteiger partial charge in [0.15, 0.2) is 0 Å². The minimum absolute atomic E-state index is 0.0139. The highest BCUT2D eigenvalue weighted by molar-refractivity contribution is 7.15. The number of carbonyl (C=O) groups is 1. The van der Waals surface area contributed by atoms with Crippen LogP contribution in [0.5, 0.6) is 5.75 Å². The van der Waals surface area contributed by atoms with E-state index < -0.39 is 0 Å². The topological polar surface area (TPSA) is 57.7 Å². The lowest BCUT2D eigenvalue weighted by molar-refractivity contribution is 0.199. The molecule has 3 heterocycles. The van der Waals surface area contributed by atoms with E-state index in [9.17, 15) is 4.79 Å². The first-order valence-electron chi connectivity index (χ1n) is 10.6. The zero-order valence-electron chi connectivity index (χ0n) is 17.3. The van der Waals surface area contributed by atoms with Crippen LogP contribution < -0.4 is 10.1 Å². The number of likely N-dealkylation sites (tertiary alicyclic amines) is 1. The standard InChI is InChI=1S/C22H30N4O2S/c1-3-23-22(27)26-14-19-20(15-26)29-21(24-19)17-7-9-18(10-8-17)28-13-5-12-25-11-4-6-16(25)2/h7-10,16H,3-6,11-15H2,1-2H3,(H,23,27). The van der Waals surface area contributed by atoms with Crippen LogP contribution >= 0.6 is 11.3 Å². The van der Waals surface area contributed by atoms with Crippen molar-refractivity contribution in [3.05, 3.63) is 34.8 Å². The summed E-state index contributed by atoms with van der Waals surface area (Å²) in [5.41, 5.74) is 2.12. The fourth-order valence-corrected chi connectivity index (χ4v) is 5.14. The van der Waals surface area contributed by atoms with E-state index in [2.05, 4.69) is 29.3 Å². The molecule has 29 heavy (non-hydrogen) atoms. The van der Waals surface area contributed by atoms with E-state index in [4.69, 9.17) is 9.72 Å². The minimum Gasteiger partial charge on any atom is -0.494 e. The Balaban J connectivity index is 1.27. The number of nitrogens with one attached hydrogen (secondary N) is 1. The maximum atomic E-state index is 12.0. The zero-order valence-corrected chi connectivity index (χ0v) is 18.1. The van der Waals surface area contributed by atoms with Gasteiger partial charge in [-0.15, -0.1) is 11.3 Å². The van der Waals surface area contributed by atoms with Crippen LogP contribution in [0.1, 0.15) is 43.7 Å². The Morgan fingerprint density at radius 3 is 2.83 bits per heavy atom. The molecule has 1 saturated heterocycles. The molecule has 2 aliphatic heterocycles. The zero-order chi connectivity index (χ0) is 20.2. The van der Waals surface area contributed by atoms with Crippen LogP contribution in [0.3, 0.4) is 0 Å². The van der Waals surface area contributed by atoms with Crippen LogP contribution in [-0.4, -0.2) is 53.1 Å². The number of hydrogen-bond donors (Lipinski definition) is 1. The predicted octanol–water partition coefficient (Wildman–Crippen LogP) is 4.11. The van der Waals surface area contributed by atoms with Crippen LogP contribution in [0.4, 0.5) is 4.79 Å². The van der Waals surface area contributed by atoms with Crippen LogP contribution in [0.2, 0.25) is 0 Å². The third-order valence-electron chi connectivity index (χ3n) is 5.72. The minimum atomic E-state index is -0.0139. The second-order valence-electron chi connectivity index (χ2n) is 7.83. The number of aromatic nitrogens is 1. The van der Waals surface area contributed by atoms with Crippen LogP contribution in [0.15, 0.2) is 24.3 Å². The first-order chi connectivity index (χ1) is 14.1. The highest BCUT2D eigenvalue weighted by atomic mass is 32.1. The molecule has 1 fully saturated rings. The molecule has 0 spiro atoms. The third kappa shape index (κ3) is 4.73. The van der Waals surface area contributed by atoms with Gasteiger partial charge in [0.25, 0.3) is 0 Å². The van der Waals surface area contributed by atoms with Gasteiger partial charge in [-0.05, 0) is 63.9 Å². The maximum Gasteiger partial charge on any atom is 0.318 e. The number of benzene rings is 1. The van der Waals surface area contributed by atoms with Crippen LogP contribution in [0.25, 0.3) is 10.6 Å². The molecule has 0 bridgehead atoms. The monoisotopic (exact) mass is 414 g/mol. The van der Waals surface area contributed by atoms with E-state index in [0.29, 0.717) is 19.6 Å². The molecule has 0 radical (unpaired) electrons. The average molecular weight is 415 g/mol. The van der Waals surface area contributed by atoms with Crippen LogP contribution in [-0.2, 0) is 13.1 Å². The fourth-order valence-electron chi connectivity index (χ4n) is 4.05. The number of fused-ring (bicyclic) bond motifs is 1. The van der Waals surface area contributed by atoms with Gasteiger partial charge in [-0.3, -0.25) is 0 Å². The van der Waals surface area contributed by atoms with Gasteiger partial charge in [0.1, 0.15) is 10.8 Å². The largest absolute Gasteiger partial charge is 0.494 e. The molecule has 1 atom stereocenters. The van der Waals surface area contributed by atoms with Crippen molar-refractivity contribution < 1.29 is 9.53 Å². The van der Waals surface area contributed by atoms with Gasteiger partial charge in [0, 0.05) is 29.6 Å². The number of urea groups is 1. The van der Waals surface area contributed by atoms with Crippen molar-refractivity contribution in [3.8, 4) is 16.3 Å². The lowest BCUT2D eigenvalue weighted by atomic mass is 10.2. The molecule has 2 amide bonds. The number of hydrogen-bond acceptors (Lipinski definition) is 5. The van der Waals surface area contributed by atoms with Crippen LogP contribution in [0, 0.1) is 0 Å². The molecular weight excluding hydrogens is 384 g/mol. The summed E-state index contributed by atoms with van der Waals surface area (Å²) in [6.45, 7) is 9.24. The highest BCUT2D eigenvalue weighted by Gasteiger charge is 2.27. The molecule has 0 aliphatic carbocycles. The SMILES string of the molecule is CCNC(=O)N1Cc2nc(-c3ccc(OCCCN4CCCC4C)cc3)sc2C1. The fraction of sp³-hybridized carbons (Fsp3) is 0.545. The molecule has 0 saturated carbocycles. The Labute approximate surface area is 176 Å². The molecule has 7 heteroatoms. The van der Waals surface area contributed by atoms with E-state index >= 15 is 0 Å². The van der Waals surface area contributed by atoms with E-state index in [1.807, 2.05) is 19.1 Å². The van der Waals surface area contributed by atoms with Gasteiger partial charge >= 0.3 is 6.03 Å². The maximum absolute atomic E-state index is 12.0. The smallest absolute Gasteiger partial charge is 0.318 e. The van der Waals surface area contributed by atoms with E-state index in [0.717, 1.165) is 47.6 Å². The Hall–Kier alpha value is -2.12. The Bertz CT molecular complexity index is 812. The van der Waals surface area contributed by atoms with Crippen molar-refractivity contribution in [3.63, 3.8) is 0 Å². The van der Waals surface area contributed by atoms with E-state index in [1.165, 1.54) is 24.3 Å². The van der Waals surface area contributed by atoms with Crippen molar-refractivity contribution in [2.45, 2.75) is 52.2 Å². The summed E-state index contributed by atoms with van der Waals surface area (Å²) in [5.74, 6) is 0.912. The molecular formula is C22H30N4O2S. The molecule has 6 nitrogen and oxygen atoms in total. The summed E-state index contributed by atoms with van der Waals surface area (Å²) in [7, 11) is 0. The molecule has 2 aromatic rings. The molecule has 1 aromatic carbocycles. The first-order valence-corrected chi connectivity index (χ1v) is 11.4. The Morgan fingerprint density at radius 2 is 2.14 bits per heavy atom. The number of thiazole rings is 1. The van der Waals surface area contributed by atoms with E-state index in [1.54, 1.807) is 16.2 Å². The molecule has 4 rings (SSSR count). The van der Waals surface area contributed by atoms with Gasteiger partial charge in [-0.25, -0.2) is 9.78 Å². The summed E-state index contributed by atoms with van der Waals surface area (Å²) >= 11 is 1.68. The summed E-state index contributed by atoms with van der Waals surface area (Å²) in [5, 5.41) is 3.86. The Morgan fingerprint density at radius 1 is 1.31 bits per heavy atom. The normalized spacial score (nSPS) is 18.8. The number of carbonyl (C=O) groups excluding carboxylic acids is 1. The lowest BCUT2D eigenvalue weighted by Gasteiger charge is -2.20. The van der Waals surface area contributed by atoms with Gasteiger partial charge < -0.3 is 19.9 Å². The van der Waals surface area contributed by atoms with Crippen molar-refractivity contribution in [1.29, 1.82) is 0 Å². The number of nitrogens with zero attached hydrogens (tertiary/aromatic N) is 3. The second kappa shape index (κ2) is 9.13. The second-order valence-corrected chi connectivity index (χ2v) is 8.92.